The standard InChI is InChI=1S/C13H24B2O7P/c1-17-6-10-9(5-13(15)20-10)22-23(3,16)19-7-11-8(18-2)4-12(14)21-11/h8-13,16H,4-7H2,1-3H3/q+1/t8-,9-,10-,11-,12-,13-,23?/m1/s1. The van der Waals surface area contributed by atoms with Crippen molar-refractivity contribution in [1.29, 1.82) is 0 Å². The van der Waals surface area contributed by atoms with E-state index in [1.54, 1.807) is 14.2 Å². The molecule has 2 fully saturated rings. The third kappa shape index (κ3) is 5.65. The van der Waals surface area contributed by atoms with Crippen molar-refractivity contribution in [2.45, 2.75) is 49.3 Å². The lowest BCUT2D eigenvalue weighted by atomic mass is 9.96. The average molecular weight is 345 g/mol. The molecule has 10 heteroatoms. The van der Waals surface area contributed by atoms with Crippen LogP contribution in [0.3, 0.4) is 0 Å². The molecule has 2 aliphatic heterocycles. The number of ether oxygens (including phenoxy) is 4. The van der Waals surface area contributed by atoms with Crippen molar-refractivity contribution in [2.24, 2.45) is 0 Å². The van der Waals surface area contributed by atoms with Crippen LogP contribution in [-0.2, 0) is 28.0 Å². The zero-order chi connectivity index (χ0) is 17.0. The molecule has 0 spiro atoms. The molecule has 0 aromatic rings. The van der Waals surface area contributed by atoms with Crippen LogP contribution in [0.5, 0.6) is 0 Å². The Kier molecular flexibility index (Phi) is 7.32. The molecule has 0 bridgehead atoms. The molecule has 1 N–H and O–H groups in total. The number of methoxy groups -OCH3 is 2. The Morgan fingerprint density at radius 1 is 1.04 bits per heavy atom. The molecule has 2 heterocycles. The van der Waals surface area contributed by atoms with Crippen molar-refractivity contribution in [3.05, 3.63) is 0 Å². The van der Waals surface area contributed by atoms with E-state index in [4.69, 9.17) is 43.7 Å². The highest BCUT2D eigenvalue weighted by Crippen LogP contribution is 2.55. The van der Waals surface area contributed by atoms with Crippen LogP contribution in [0, 0.1) is 0 Å². The second-order valence-corrected chi connectivity index (χ2v) is 7.94. The van der Waals surface area contributed by atoms with Gasteiger partial charge in [-0.05, 0) is 12.8 Å². The van der Waals surface area contributed by atoms with Crippen molar-refractivity contribution >= 4 is 23.6 Å². The summed E-state index contributed by atoms with van der Waals surface area (Å²) in [5.41, 5.74) is 0. The molecule has 0 aromatic heterocycles. The Morgan fingerprint density at radius 3 is 2.17 bits per heavy atom. The van der Waals surface area contributed by atoms with Crippen molar-refractivity contribution in [3.8, 4) is 0 Å². The Hall–Kier alpha value is 0.280. The van der Waals surface area contributed by atoms with Crippen molar-refractivity contribution in [2.75, 3.05) is 34.1 Å². The van der Waals surface area contributed by atoms with Crippen LogP contribution in [0.25, 0.3) is 0 Å². The van der Waals surface area contributed by atoms with E-state index in [1.165, 1.54) is 6.66 Å². The van der Waals surface area contributed by atoms with Crippen LogP contribution >= 0.6 is 7.94 Å². The first-order valence-electron chi connectivity index (χ1n) is 7.60. The maximum atomic E-state index is 10.4. The molecular weight excluding hydrogens is 321 g/mol. The van der Waals surface area contributed by atoms with E-state index in [0.717, 1.165) is 0 Å². The fourth-order valence-corrected chi connectivity index (χ4v) is 4.02. The minimum atomic E-state index is -3.06. The quantitative estimate of drug-likeness (QED) is 0.490. The van der Waals surface area contributed by atoms with Gasteiger partial charge in [-0.1, -0.05) is 0 Å². The first-order chi connectivity index (χ1) is 10.8. The minimum Gasteiger partial charge on any atom is -0.382 e. The third-order valence-corrected chi connectivity index (χ3v) is 5.19. The Bertz CT molecular complexity index is 376. The lowest BCUT2D eigenvalue weighted by molar-refractivity contribution is -0.0329. The van der Waals surface area contributed by atoms with Gasteiger partial charge in [-0.3, -0.25) is 0 Å². The molecule has 23 heavy (non-hydrogen) atoms. The summed E-state index contributed by atoms with van der Waals surface area (Å²) in [4.78, 5) is 10.4. The van der Waals surface area contributed by atoms with E-state index in [0.29, 0.717) is 19.4 Å². The highest BCUT2D eigenvalue weighted by atomic mass is 31.2. The van der Waals surface area contributed by atoms with Gasteiger partial charge in [-0.25, -0.2) is 0 Å². The highest BCUT2D eigenvalue weighted by molar-refractivity contribution is 7.59. The van der Waals surface area contributed by atoms with Gasteiger partial charge in [-0.2, -0.15) is 13.9 Å². The van der Waals surface area contributed by atoms with Gasteiger partial charge in [0, 0.05) is 26.2 Å². The minimum absolute atomic E-state index is 0.140. The molecule has 0 saturated carbocycles. The molecule has 2 aliphatic rings. The van der Waals surface area contributed by atoms with E-state index in [-0.39, 0.29) is 37.0 Å². The molecule has 0 aliphatic carbocycles. The highest BCUT2D eigenvalue weighted by Gasteiger charge is 2.46. The summed E-state index contributed by atoms with van der Waals surface area (Å²) in [6, 6.07) is -0.820. The van der Waals surface area contributed by atoms with Crippen LogP contribution < -0.4 is 0 Å². The maximum absolute atomic E-state index is 10.4. The van der Waals surface area contributed by atoms with E-state index in [9.17, 15) is 4.89 Å². The molecule has 4 radical (unpaired) electrons. The van der Waals surface area contributed by atoms with Crippen LogP contribution in [0.1, 0.15) is 12.8 Å². The van der Waals surface area contributed by atoms with E-state index in [1.807, 2.05) is 0 Å². The van der Waals surface area contributed by atoms with Gasteiger partial charge >= 0.3 is 7.94 Å². The fraction of sp³-hybridized carbons (Fsp3) is 1.00. The number of hydrogen-bond donors (Lipinski definition) is 1. The van der Waals surface area contributed by atoms with Gasteiger partial charge in [0.2, 0.25) is 0 Å². The van der Waals surface area contributed by atoms with Gasteiger partial charge < -0.3 is 18.9 Å². The first-order valence-corrected chi connectivity index (χ1v) is 9.63. The molecule has 2 rings (SSSR count). The first kappa shape index (κ1) is 19.6. The van der Waals surface area contributed by atoms with Crippen LogP contribution in [0.2, 0.25) is 0 Å². The molecule has 128 valence electrons. The zero-order valence-corrected chi connectivity index (χ0v) is 14.7. The lowest BCUT2D eigenvalue weighted by Gasteiger charge is -2.22. The third-order valence-electron chi connectivity index (χ3n) is 3.90. The summed E-state index contributed by atoms with van der Waals surface area (Å²) >= 11 is 0. The SMILES string of the molecule is [B][C@H]1C[C@@H](OC)[C@@H](CO[P+](C)(O)O[C@@H]2C[C@H]([B])O[C@@H]2COC)O1. The largest absolute Gasteiger partial charge is 0.406 e. The van der Waals surface area contributed by atoms with Crippen LogP contribution in [-0.4, -0.2) is 91.1 Å². The van der Waals surface area contributed by atoms with E-state index < -0.39 is 13.9 Å². The summed E-state index contributed by atoms with van der Waals surface area (Å²) in [6.07, 6.45) is -0.130. The fourth-order valence-electron chi connectivity index (χ4n) is 2.81. The smallest absolute Gasteiger partial charge is 0.382 e. The van der Waals surface area contributed by atoms with Crippen LogP contribution in [0.15, 0.2) is 0 Å². The Morgan fingerprint density at radius 2 is 1.61 bits per heavy atom. The number of rotatable bonds is 8. The summed E-state index contributed by atoms with van der Waals surface area (Å²) in [7, 11) is 11.6. The topological polar surface area (TPSA) is 75.6 Å². The van der Waals surface area contributed by atoms with E-state index >= 15 is 0 Å². The second kappa shape index (κ2) is 8.59. The van der Waals surface area contributed by atoms with Gasteiger partial charge in [0.1, 0.15) is 47.3 Å². The van der Waals surface area contributed by atoms with Crippen molar-refractivity contribution in [3.63, 3.8) is 0 Å². The van der Waals surface area contributed by atoms with Crippen molar-refractivity contribution < 1.29 is 32.9 Å². The second-order valence-electron chi connectivity index (χ2n) is 5.87. The lowest BCUT2D eigenvalue weighted by Crippen LogP contribution is -2.31. The van der Waals surface area contributed by atoms with E-state index in [2.05, 4.69) is 0 Å². The summed E-state index contributed by atoms with van der Waals surface area (Å²) in [6.45, 7) is 2.00. The summed E-state index contributed by atoms with van der Waals surface area (Å²) < 4.78 is 32.7. The Labute approximate surface area is 140 Å². The number of hydrogen-bond acceptors (Lipinski definition) is 7. The summed E-state index contributed by atoms with van der Waals surface area (Å²) in [5.74, 6) is 0. The molecular formula is C13H24B2O7P+. The molecule has 0 aromatic carbocycles. The van der Waals surface area contributed by atoms with Gasteiger partial charge in [-0.15, -0.1) is 0 Å². The maximum Gasteiger partial charge on any atom is 0.406 e. The molecule has 0 amide bonds. The molecule has 7 nitrogen and oxygen atoms in total. The molecule has 2 saturated heterocycles. The van der Waals surface area contributed by atoms with Crippen LogP contribution in [0.4, 0.5) is 0 Å². The monoisotopic (exact) mass is 345 g/mol. The average Bonchev–Trinajstić information content (AvgIpc) is 2.99. The predicted molar refractivity (Wildman–Crippen MR) is 86.6 cm³/mol. The molecule has 1 unspecified atom stereocenters. The molecule has 7 atom stereocenters. The Balaban J connectivity index is 1.84. The summed E-state index contributed by atoms with van der Waals surface area (Å²) in [5, 5.41) is 0. The van der Waals surface area contributed by atoms with Crippen molar-refractivity contribution in [1.82, 2.24) is 0 Å². The van der Waals surface area contributed by atoms with Gasteiger partial charge in [0.25, 0.3) is 0 Å². The zero-order valence-electron chi connectivity index (χ0n) is 13.8. The normalized spacial score (nSPS) is 40.3. The predicted octanol–water partition coefficient (Wildman–Crippen LogP) is 0.00130. The van der Waals surface area contributed by atoms with Gasteiger partial charge in [0.05, 0.1) is 12.7 Å². The van der Waals surface area contributed by atoms with Gasteiger partial charge in [0.15, 0.2) is 0 Å².